The van der Waals surface area contributed by atoms with Gasteiger partial charge in [-0.2, -0.15) is 26.3 Å². The van der Waals surface area contributed by atoms with E-state index in [2.05, 4.69) is 4.74 Å². The molecule has 1 aromatic carbocycles. The Hall–Kier alpha value is -0.110. The van der Waals surface area contributed by atoms with Gasteiger partial charge in [-0.3, -0.25) is 4.79 Å². The van der Waals surface area contributed by atoms with E-state index in [9.17, 15) is 41.0 Å². The smallest absolute Gasteiger partial charge is 0.399 e. The Morgan fingerprint density at radius 1 is 0.929 bits per heavy atom. The Labute approximate surface area is 194 Å². The van der Waals surface area contributed by atoms with Crippen molar-refractivity contribution in [3.05, 3.63) is 28.4 Å². The first kappa shape index (κ1) is 25.9. The van der Waals surface area contributed by atoms with Gasteiger partial charge in [-0.25, -0.2) is 4.79 Å². The zero-order valence-corrected chi connectivity index (χ0v) is 19.7. The van der Waals surface area contributed by atoms with Gasteiger partial charge in [-0.15, -0.1) is 0 Å². The number of ether oxygens (including phenoxy) is 2. The fourth-order valence-corrected chi connectivity index (χ4v) is 4.04. The summed E-state index contributed by atoms with van der Waals surface area (Å²) in [5.74, 6) is -3.78. The third kappa shape index (κ3) is 5.96. The first-order valence-electron chi connectivity index (χ1n) is 6.95. The van der Waals surface area contributed by atoms with E-state index in [-0.39, 0.29) is 5.56 Å². The van der Waals surface area contributed by atoms with Crippen LogP contribution >= 0.6 is 67.8 Å². The summed E-state index contributed by atoms with van der Waals surface area (Å²) >= 11 is 5.88. The molecule has 0 atom stereocenters. The molecular weight excluding hydrogens is 743 g/mol. The van der Waals surface area contributed by atoms with Gasteiger partial charge < -0.3 is 14.6 Å². The maximum absolute atomic E-state index is 12.4. The summed E-state index contributed by atoms with van der Waals surface area (Å²) in [6.45, 7) is -1.42. The van der Waals surface area contributed by atoms with Crippen molar-refractivity contribution in [1.29, 1.82) is 0 Å². The van der Waals surface area contributed by atoms with Gasteiger partial charge in [-0.1, -0.05) is 0 Å². The predicted octanol–water partition coefficient (Wildman–Crippen LogP) is 3.81. The monoisotopic (exact) mass is 751 g/mol. The number of benzene rings is 1. The lowest BCUT2D eigenvalue weighted by Gasteiger charge is -2.40. The van der Waals surface area contributed by atoms with E-state index in [0.717, 1.165) is 7.14 Å². The van der Waals surface area contributed by atoms with Crippen LogP contribution in [0.4, 0.5) is 26.3 Å². The number of carbonyl (C=O) groups is 2. The van der Waals surface area contributed by atoms with Crippen LogP contribution in [0.15, 0.2) is 12.1 Å². The van der Waals surface area contributed by atoms with Crippen LogP contribution in [0.5, 0.6) is 0 Å². The van der Waals surface area contributed by atoms with E-state index >= 15 is 0 Å². The van der Waals surface area contributed by atoms with Gasteiger partial charge in [0.05, 0.1) is 18.8 Å². The number of halogens is 9. The molecule has 0 heterocycles. The number of hydrogen-bond donors (Lipinski definition) is 0. The van der Waals surface area contributed by atoms with E-state index in [0.29, 0.717) is 3.57 Å². The highest BCUT2D eigenvalue weighted by Crippen LogP contribution is 2.41. The van der Waals surface area contributed by atoms with Gasteiger partial charge in [0.1, 0.15) is 0 Å². The van der Waals surface area contributed by atoms with Crippen molar-refractivity contribution in [3.63, 3.8) is 0 Å². The quantitative estimate of drug-likeness (QED) is 0.146. The predicted molar refractivity (Wildman–Crippen MR) is 105 cm³/mol. The van der Waals surface area contributed by atoms with Gasteiger partial charge in [0, 0.05) is 17.1 Å². The average molecular weight is 751 g/mol. The van der Waals surface area contributed by atoms with Crippen LogP contribution in [0.3, 0.4) is 0 Å². The molecule has 0 saturated carbocycles. The molecule has 0 unspecified atom stereocenters. The molecule has 0 aliphatic heterocycles. The molecule has 0 aromatic heterocycles. The normalized spacial score (nSPS) is 12.6. The minimum atomic E-state index is -6.42. The first-order valence-corrected chi connectivity index (χ1v) is 10.2. The Morgan fingerprint density at radius 3 is 1.93 bits per heavy atom. The van der Waals surface area contributed by atoms with E-state index in [1.807, 2.05) is 67.8 Å². The highest BCUT2D eigenvalue weighted by Gasteiger charge is 2.68. The van der Waals surface area contributed by atoms with Crippen LogP contribution in [0.2, 0.25) is 0 Å². The molecule has 1 aromatic rings. The lowest BCUT2D eigenvalue weighted by atomic mass is 10.0. The molecule has 14 heteroatoms. The number of hydrogen-bond acceptors (Lipinski definition) is 5. The standard InChI is InChI=1S/C14H8F6I3O5/c15-13(16,17)12(26,14(18,19)20)11(25)28-3-1-2-27-10(24)7-4-6(21)5-8(22)9(7)23/h4-5H,1-3H2/q-1. The summed E-state index contributed by atoms with van der Waals surface area (Å²) in [6, 6.07) is 3.33. The Morgan fingerprint density at radius 2 is 1.43 bits per heavy atom. The molecule has 0 amide bonds. The maximum Gasteiger partial charge on any atom is 0.399 e. The number of carbonyl (C=O) groups excluding carboxylic acids is 2. The molecular formula is C14H8F6I3O5-. The Kier molecular flexibility index (Phi) is 9.07. The van der Waals surface area contributed by atoms with E-state index in [1.54, 1.807) is 6.07 Å². The first-order chi connectivity index (χ1) is 12.6. The highest BCUT2D eigenvalue weighted by atomic mass is 127. The summed E-state index contributed by atoms with van der Waals surface area (Å²) in [7, 11) is 0. The zero-order chi connectivity index (χ0) is 21.9. The third-order valence-electron chi connectivity index (χ3n) is 3.05. The topological polar surface area (TPSA) is 75.7 Å². The number of esters is 2. The van der Waals surface area contributed by atoms with Crippen molar-refractivity contribution < 1.29 is 50.5 Å². The second kappa shape index (κ2) is 9.80. The lowest BCUT2D eigenvalue weighted by molar-refractivity contribution is -0.574. The summed E-state index contributed by atoms with van der Waals surface area (Å²) in [5.41, 5.74) is -5.66. The average Bonchev–Trinajstić information content (AvgIpc) is 2.54. The van der Waals surface area contributed by atoms with Crippen molar-refractivity contribution in [1.82, 2.24) is 0 Å². The Balaban J connectivity index is 2.62. The summed E-state index contributed by atoms with van der Waals surface area (Å²) in [5, 5.41) is 11.1. The molecule has 5 nitrogen and oxygen atoms in total. The highest BCUT2D eigenvalue weighted by molar-refractivity contribution is 14.1. The second-order valence-corrected chi connectivity index (χ2v) is 8.54. The van der Waals surface area contributed by atoms with Gasteiger partial charge in [-0.05, 0) is 79.9 Å². The second-order valence-electron chi connectivity index (χ2n) is 5.05. The van der Waals surface area contributed by atoms with Gasteiger partial charge in [0.15, 0.2) is 5.60 Å². The minimum Gasteiger partial charge on any atom is -0.828 e. The largest absolute Gasteiger partial charge is 0.828 e. The Bertz CT molecular complexity index is 736. The van der Waals surface area contributed by atoms with Crippen molar-refractivity contribution in [2.45, 2.75) is 24.4 Å². The number of rotatable bonds is 6. The van der Waals surface area contributed by atoms with Crippen LogP contribution in [0.1, 0.15) is 16.8 Å². The van der Waals surface area contributed by atoms with E-state index in [1.165, 1.54) is 6.07 Å². The van der Waals surface area contributed by atoms with Crippen molar-refractivity contribution >= 4 is 79.7 Å². The molecule has 0 radical (unpaired) electrons. The van der Waals surface area contributed by atoms with Crippen LogP contribution in [0, 0.1) is 10.7 Å². The molecule has 0 aliphatic rings. The molecule has 0 aliphatic carbocycles. The van der Waals surface area contributed by atoms with Crippen LogP contribution in [0.25, 0.3) is 0 Å². The van der Waals surface area contributed by atoms with Crippen LogP contribution < -0.4 is 5.11 Å². The molecule has 0 bridgehead atoms. The molecule has 0 spiro atoms. The van der Waals surface area contributed by atoms with Gasteiger partial charge >= 0.3 is 24.3 Å². The summed E-state index contributed by atoms with van der Waals surface area (Å²) in [4.78, 5) is 23.1. The van der Waals surface area contributed by atoms with Gasteiger partial charge in [0.2, 0.25) is 0 Å². The molecule has 0 N–H and O–H groups in total. The van der Waals surface area contributed by atoms with Gasteiger partial charge in [0.25, 0.3) is 0 Å². The number of alkyl halides is 6. The van der Waals surface area contributed by atoms with Crippen molar-refractivity contribution in [3.8, 4) is 0 Å². The zero-order valence-electron chi connectivity index (χ0n) is 13.2. The maximum atomic E-state index is 12.4. The molecule has 158 valence electrons. The van der Waals surface area contributed by atoms with Crippen LogP contribution in [-0.2, 0) is 14.3 Å². The minimum absolute atomic E-state index is 0.224. The van der Waals surface area contributed by atoms with E-state index in [4.69, 9.17) is 4.74 Å². The van der Waals surface area contributed by atoms with Crippen molar-refractivity contribution in [2.75, 3.05) is 13.2 Å². The molecule has 1 rings (SSSR count). The molecule has 0 saturated heterocycles. The summed E-state index contributed by atoms with van der Waals surface area (Å²) in [6.07, 6.45) is -13.2. The van der Waals surface area contributed by atoms with E-state index < -0.39 is 49.5 Å². The van der Waals surface area contributed by atoms with Crippen LogP contribution in [-0.4, -0.2) is 43.1 Å². The third-order valence-corrected chi connectivity index (χ3v) is 6.72. The lowest BCUT2D eigenvalue weighted by Crippen LogP contribution is -2.71. The summed E-state index contributed by atoms with van der Waals surface area (Å²) < 4.78 is 85.3. The fourth-order valence-electron chi connectivity index (χ4n) is 1.66. The molecule has 0 fully saturated rings. The fraction of sp³-hybridized carbons (Fsp3) is 0.429. The molecule has 28 heavy (non-hydrogen) atoms. The SMILES string of the molecule is O=C(OCCCOC(=O)C([O-])(C(F)(F)F)C(F)(F)F)c1cc(I)cc(I)c1I. The van der Waals surface area contributed by atoms with Crippen molar-refractivity contribution in [2.24, 2.45) is 0 Å².